The predicted molar refractivity (Wildman–Crippen MR) is 78.2 cm³/mol. The van der Waals surface area contributed by atoms with Crippen LogP contribution >= 0.6 is 0 Å². The van der Waals surface area contributed by atoms with Crippen LogP contribution in [0.4, 0.5) is 0 Å². The lowest BCUT2D eigenvalue weighted by atomic mass is 10.4. The third kappa shape index (κ3) is 4.16. The van der Waals surface area contributed by atoms with E-state index in [9.17, 15) is 8.42 Å². The summed E-state index contributed by atoms with van der Waals surface area (Å²) in [5, 5.41) is 6.99. The van der Waals surface area contributed by atoms with Gasteiger partial charge in [-0.1, -0.05) is 0 Å². The molecule has 2 N–H and O–H groups in total. The van der Waals surface area contributed by atoms with Crippen molar-refractivity contribution in [2.24, 2.45) is 0 Å². The maximum Gasteiger partial charge on any atom is 0.244 e. The molecule has 0 saturated carbocycles. The Labute approximate surface area is 124 Å². The molecule has 0 unspecified atom stereocenters. The molecule has 2 rings (SSSR count). The highest BCUT2D eigenvalue weighted by atomic mass is 32.2. The molecule has 7 nitrogen and oxygen atoms in total. The summed E-state index contributed by atoms with van der Waals surface area (Å²) >= 11 is 0. The molecule has 0 bridgehead atoms. The quantitative estimate of drug-likeness (QED) is 0.706. The predicted octanol–water partition coefficient (Wildman–Crippen LogP) is 0.873. The first-order valence-electron chi connectivity index (χ1n) is 6.74. The zero-order valence-electron chi connectivity index (χ0n) is 12.2. The van der Waals surface area contributed by atoms with Gasteiger partial charge in [-0.3, -0.25) is 4.68 Å². The molecular formula is C13H20N4O3S. The second-order valence-corrected chi connectivity index (χ2v) is 6.42. The van der Waals surface area contributed by atoms with Crippen LogP contribution in [-0.2, 0) is 23.1 Å². The van der Waals surface area contributed by atoms with Crippen molar-refractivity contribution in [1.29, 1.82) is 0 Å². The van der Waals surface area contributed by atoms with Gasteiger partial charge >= 0.3 is 0 Å². The Morgan fingerprint density at radius 1 is 1.43 bits per heavy atom. The Bertz CT molecular complexity index is 662. The maximum atomic E-state index is 12.2. The maximum absolute atomic E-state index is 12.2. The van der Waals surface area contributed by atoms with Gasteiger partial charge in [0.15, 0.2) is 0 Å². The standard InChI is InChI=1S/C13H20N4O3S/c1-11-13(9-12(20-11)10-14-2)21(18,19)16-6-4-8-17-7-3-5-15-17/h3,5,7,9,14,16H,4,6,8,10H2,1-2H3. The Morgan fingerprint density at radius 2 is 2.24 bits per heavy atom. The average molecular weight is 312 g/mol. The lowest BCUT2D eigenvalue weighted by Gasteiger charge is -2.05. The van der Waals surface area contributed by atoms with Crippen LogP contribution in [0.3, 0.4) is 0 Å². The van der Waals surface area contributed by atoms with Gasteiger partial charge in [-0.25, -0.2) is 13.1 Å². The molecule has 0 atom stereocenters. The summed E-state index contributed by atoms with van der Waals surface area (Å²) in [6.07, 6.45) is 4.21. The van der Waals surface area contributed by atoms with Crippen LogP contribution in [0, 0.1) is 6.92 Å². The first kappa shape index (κ1) is 15.7. The fourth-order valence-corrected chi connectivity index (χ4v) is 3.29. The summed E-state index contributed by atoms with van der Waals surface area (Å²) in [6, 6.07) is 3.39. The van der Waals surface area contributed by atoms with Crippen LogP contribution in [-0.4, -0.2) is 31.8 Å². The zero-order chi connectivity index (χ0) is 15.3. The van der Waals surface area contributed by atoms with Crippen molar-refractivity contribution < 1.29 is 12.8 Å². The number of aromatic nitrogens is 2. The molecule has 21 heavy (non-hydrogen) atoms. The van der Waals surface area contributed by atoms with Crippen molar-refractivity contribution in [3.8, 4) is 0 Å². The number of hydrogen-bond donors (Lipinski definition) is 2. The van der Waals surface area contributed by atoms with Gasteiger partial charge in [0.1, 0.15) is 16.4 Å². The van der Waals surface area contributed by atoms with E-state index in [0.717, 1.165) is 0 Å². The summed E-state index contributed by atoms with van der Waals surface area (Å²) < 4.78 is 34.2. The van der Waals surface area contributed by atoms with E-state index >= 15 is 0 Å². The van der Waals surface area contributed by atoms with E-state index in [1.165, 1.54) is 0 Å². The summed E-state index contributed by atoms with van der Waals surface area (Å²) in [6.45, 7) is 3.17. The number of nitrogens with zero attached hydrogens (tertiary/aromatic N) is 2. The molecule has 0 radical (unpaired) electrons. The molecule has 8 heteroatoms. The molecule has 116 valence electrons. The Hall–Kier alpha value is -1.64. The van der Waals surface area contributed by atoms with Crippen molar-refractivity contribution in [2.75, 3.05) is 13.6 Å². The normalized spacial score (nSPS) is 11.9. The van der Waals surface area contributed by atoms with Gasteiger partial charge in [0, 0.05) is 31.5 Å². The minimum atomic E-state index is -3.53. The Kier molecular flexibility index (Phi) is 5.16. The lowest BCUT2D eigenvalue weighted by Crippen LogP contribution is -2.25. The number of furan rings is 1. The van der Waals surface area contributed by atoms with Crippen LogP contribution < -0.4 is 10.0 Å². The number of rotatable bonds is 8. The second-order valence-electron chi connectivity index (χ2n) is 4.68. The SMILES string of the molecule is CNCc1cc(S(=O)(=O)NCCCn2cccn2)c(C)o1. The van der Waals surface area contributed by atoms with Gasteiger partial charge in [-0.15, -0.1) is 0 Å². The molecule has 2 aromatic rings. The third-order valence-electron chi connectivity index (χ3n) is 2.98. The molecule has 0 aliphatic heterocycles. The molecule has 0 aromatic carbocycles. The fraction of sp³-hybridized carbons (Fsp3) is 0.462. The van der Waals surface area contributed by atoms with Gasteiger partial charge in [0.25, 0.3) is 0 Å². The van der Waals surface area contributed by atoms with Gasteiger partial charge in [0.05, 0.1) is 6.54 Å². The van der Waals surface area contributed by atoms with Gasteiger partial charge in [0.2, 0.25) is 10.0 Å². The fourth-order valence-electron chi connectivity index (χ4n) is 2.01. The van der Waals surface area contributed by atoms with E-state index < -0.39 is 10.0 Å². The van der Waals surface area contributed by atoms with Crippen molar-refractivity contribution in [2.45, 2.75) is 31.3 Å². The third-order valence-corrected chi connectivity index (χ3v) is 4.55. The zero-order valence-corrected chi connectivity index (χ0v) is 13.0. The molecule has 0 aliphatic carbocycles. The van der Waals surface area contributed by atoms with E-state index in [-0.39, 0.29) is 4.90 Å². The minimum Gasteiger partial charge on any atom is -0.464 e. The van der Waals surface area contributed by atoms with Crippen molar-refractivity contribution in [3.63, 3.8) is 0 Å². The number of aryl methyl sites for hydroxylation is 2. The van der Waals surface area contributed by atoms with Crippen LogP contribution in [0.15, 0.2) is 33.8 Å². The minimum absolute atomic E-state index is 0.201. The second kappa shape index (κ2) is 6.88. The van der Waals surface area contributed by atoms with Crippen molar-refractivity contribution >= 4 is 10.0 Å². The number of hydrogen-bond acceptors (Lipinski definition) is 5. The Balaban J connectivity index is 1.91. The smallest absolute Gasteiger partial charge is 0.244 e. The highest BCUT2D eigenvalue weighted by molar-refractivity contribution is 7.89. The first-order chi connectivity index (χ1) is 10.0. The molecular weight excluding hydrogens is 292 g/mol. The molecule has 2 aromatic heterocycles. The van der Waals surface area contributed by atoms with E-state index in [4.69, 9.17) is 4.42 Å². The van der Waals surface area contributed by atoms with Crippen LogP contribution in [0.5, 0.6) is 0 Å². The highest BCUT2D eigenvalue weighted by Gasteiger charge is 2.20. The van der Waals surface area contributed by atoms with Gasteiger partial charge in [-0.05, 0) is 26.5 Å². The van der Waals surface area contributed by atoms with Crippen molar-refractivity contribution in [1.82, 2.24) is 19.8 Å². The van der Waals surface area contributed by atoms with Crippen LogP contribution in [0.25, 0.3) is 0 Å². The van der Waals surface area contributed by atoms with Crippen LogP contribution in [0.2, 0.25) is 0 Å². The topological polar surface area (TPSA) is 89.2 Å². The Morgan fingerprint density at radius 3 is 2.90 bits per heavy atom. The van der Waals surface area contributed by atoms with E-state index in [1.807, 2.05) is 12.3 Å². The highest BCUT2D eigenvalue weighted by Crippen LogP contribution is 2.19. The summed E-state index contributed by atoms with van der Waals surface area (Å²) in [7, 11) is -1.75. The monoisotopic (exact) mass is 312 g/mol. The first-order valence-corrected chi connectivity index (χ1v) is 8.22. The summed E-state index contributed by atoms with van der Waals surface area (Å²) in [5.74, 6) is 1.01. The molecule has 0 amide bonds. The largest absolute Gasteiger partial charge is 0.464 e. The van der Waals surface area contributed by atoms with Crippen molar-refractivity contribution in [3.05, 3.63) is 36.0 Å². The molecule has 0 saturated heterocycles. The molecule has 0 aliphatic rings. The lowest BCUT2D eigenvalue weighted by molar-refractivity contribution is 0.465. The average Bonchev–Trinajstić information content (AvgIpc) is 3.05. The van der Waals surface area contributed by atoms with Crippen LogP contribution in [0.1, 0.15) is 17.9 Å². The van der Waals surface area contributed by atoms with Gasteiger partial charge in [-0.2, -0.15) is 5.10 Å². The summed E-state index contributed by atoms with van der Waals surface area (Å²) in [5.41, 5.74) is 0. The van der Waals surface area contributed by atoms with E-state index in [1.54, 1.807) is 30.9 Å². The number of sulfonamides is 1. The van der Waals surface area contributed by atoms with E-state index in [0.29, 0.717) is 37.6 Å². The van der Waals surface area contributed by atoms with E-state index in [2.05, 4.69) is 15.1 Å². The molecule has 0 fully saturated rings. The molecule has 2 heterocycles. The molecule has 0 spiro atoms. The summed E-state index contributed by atoms with van der Waals surface area (Å²) in [4.78, 5) is 0.201. The van der Waals surface area contributed by atoms with Gasteiger partial charge < -0.3 is 9.73 Å². The number of nitrogens with one attached hydrogen (secondary N) is 2.